The maximum absolute atomic E-state index is 8.49. The summed E-state index contributed by atoms with van der Waals surface area (Å²) in [6.45, 7) is 2.15. The van der Waals surface area contributed by atoms with Gasteiger partial charge in [-0.1, -0.05) is 23.2 Å². The van der Waals surface area contributed by atoms with Gasteiger partial charge in [-0.15, -0.1) is 10.2 Å². The normalized spacial score (nSPS) is 12.7. The van der Waals surface area contributed by atoms with Crippen molar-refractivity contribution in [2.45, 2.75) is 6.92 Å². The zero-order chi connectivity index (χ0) is 19.8. The van der Waals surface area contributed by atoms with E-state index < -0.39 is 10.2 Å². The van der Waals surface area contributed by atoms with Gasteiger partial charge in [-0.2, -0.15) is 0 Å². The van der Waals surface area contributed by atoms with Crippen molar-refractivity contribution in [3.8, 4) is 22.8 Å². The van der Waals surface area contributed by atoms with E-state index in [1.165, 1.54) is 0 Å². The summed E-state index contributed by atoms with van der Waals surface area (Å²) in [6, 6.07) is 11.3. The van der Waals surface area contributed by atoms with E-state index in [9.17, 15) is 0 Å². The predicted molar refractivity (Wildman–Crippen MR) is 86.9 cm³/mol. The summed E-state index contributed by atoms with van der Waals surface area (Å²) in [7, 11) is -4.94. The van der Waals surface area contributed by atoms with Crippen molar-refractivity contribution in [1.29, 1.82) is 0 Å². The molecule has 0 bridgehead atoms. The summed E-state index contributed by atoms with van der Waals surface area (Å²) in [5, 5.41) is 2.96. The topological polar surface area (TPSA) is 122 Å². The number of ether oxygens (including phenoxy) is 2. The SMILES string of the molecule is Cc1cc2cc3c(cc2c(-c2ccc(Cl)c(Cl)c2)[o+]1)OCO3.[O-][Cl+3]([O-])([O-])[O-]. The largest absolute Gasteiger partial charge is 0.454 e. The second-order valence-corrected chi connectivity index (χ2v) is 7.06. The zero-order valence-corrected chi connectivity index (χ0v) is 15.9. The van der Waals surface area contributed by atoms with Crippen LogP contribution < -0.4 is 28.1 Å². The molecule has 0 spiro atoms. The molecule has 0 saturated carbocycles. The van der Waals surface area contributed by atoms with Crippen LogP contribution in [0.3, 0.4) is 0 Å². The highest BCUT2D eigenvalue weighted by atomic mass is 35.7. The van der Waals surface area contributed by atoms with Gasteiger partial charge < -0.3 is 9.47 Å². The molecule has 1 aliphatic rings. The van der Waals surface area contributed by atoms with Gasteiger partial charge in [0.15, 0.2) is 11.5 Å². The first-order valence-electron chi connectivity index (χ1n) is 7.36. The highest BCUT2D eigenvalue weighted by Crippen LogP contribution is 2.41. The molecule has 3 aromatic rings. The van der Waals surface area contributed by atoms with Crippen LogP contribution in [0.1, 0.15) is 5.76 Å². The van der Waals surface area contributed by atoms with E-state index >= 15 is 0 Å². The molecule has 1 aliphatic heterocycles. The Labute approximate surface area is 165 Å². The van der Waals surface area contributed by atoms with E-state index in [-0.39, 0.29) is 6.79 Å². The predicted octanol–water partition coefficient (Wildman–Crippen LogP) is 0.969. The molecule has 0 saturated heterocycles. The van der Waals surface area contributed by atoms with Crippen LogP contribution in [0, 0.1) is 17.2 Å². The number of fused-ring (bicyclic) bond motifs is 2. The summed E-state index contributed by atoms with van der Waals surface area (Å²) >= 11 is 12.1. The maximum atomic E-state index is 8.49. The van der Waals surface area contributed by atoms with Crippen LogP contribution >= 0.6 is 23.2 Å². The molecule has 1 aromatic heterocycles. The monoisotopic (exact) mass is 432 g/mol. The van der Waals surface area contributed by atoms with Crippen molar-refractivity contribution >= 4 is 34.0 Å². The molecule has 7 nitrogen and oxygen atoms in total. The van der Waals surface area contributed by atoms with Crippen LogP contribution in [0.25, 0.3) is 22.1 Å². The Bertz CT molecular complexity index is 996. The number of hydrogen-bond acceptors (Lipinski definition) is 6. The molecule has 0 radical (unpaired) electrons. The summed E-state index contributed by atoms with van der Waals surface area (Å²) in [5.74, 6) is 2.99. The quantitative estimate of drug-likeness (QED) is 0.524. The number of rotatable bonds is 1. The summed E-state index contributed by atoms with van der Waals surface area (Å²) < 4.78 is 50.8. The van der Waals surface area contributed by atoms with Crippen molar-refractivity contribution in [3.63, 3.8) is 0 Å². The van der Waals surface area contributed by atoms with E-state index in [1.807, 2.05) is 31.2 Å². The molecule has 0 fully saturated rings. The highest BCUT2D eigenvalue weighted by molar-refractivity contribution is 6.42. The van der Waals surface area contributed by atoms with Crippen molar-refractivity contribution < 1.29 is 42.8 Å². The van der Waals surface area contributed by atoms with Gasteiger partial charge in [0, 0.05) is 17.5 Å². The lowest BCUT2D eigenvalue weighted by molar-refractivity contribution is -2.00. The molecule has 0 amide bonds. The molecule has 4 rings (SSSR count). The van der Waals surface area contributed by atoms with Gasteiger partial charge in [0.1, 0.15) is 0 Å². The minimum absolute atomic E-state index is 0.240. The summed E-state index contributed by atoms with van der Waals surface area (Å²) in [6.07, 6.45) is 0. The van der Waals surface area contributed by atoms with E-state index in [4.69, 9.17) is 55.7 Å². The average Bonchev–Trinajstić information content (AvgIpc) is 3.00. The van der Waals surface area contributed by atoms with Gasteiger partial charge in [0.2, 0.25) is 6.79 Å². The second kappa shape index (κ2) is 7.65. The Hall–Kier alpha value is -1.84. The lowest BCUT2D eigenvalue weighted by atomic mass is 10.0. The van der Waals surface area contributed by atoms with Gasteiger partial charge in [0.05, 0.1) is 27.9 Å². The molecule has 27 heavy (non-hydrogen) atoms. The molecule has 0 aliphatic carbocycles. The van der Waals surface area contributed by atoms with Crippen LogP contribution in [-0.4, -0.2) is 6.79 Å². The lowest BCUT2D eigenvalue weighted by Gasteiger charge is -2.17. The van der Waals surface area contributed by atoms with Gasteiger partial charge in [-0.3, -0.25) is 0 Å². The second-order valence-electron chi connectivity index (χ2n) is 5.49. The Morgan fingerprint density at radius 1 is 0.926 bits per heavy atom. The molecule has 0 atom stereocenters. The molecular formula is C17H11Cl3O7. The van der Waals surface area contributed by atoms with Crippen molar-refractivity contribution in [1.82, 2.24) is 0 Å². The van der Waals surface area contributed by atoms with Gasteiger partial charge in [0.25, 0.3) is 0 Å². The minimum atomic E-state index is -4.94. The molecule has 0 unspecified atom stereocenters. The number of aryl methyl sites for hydroxylation is 1. The fourth-order valence-electron chi connectivity index (χ4n) is 2.59. The number of hydrogen-bond donors (Lipinski definition) is 0. The Morgan fingerprint density at radius 2 is 1.56 bits per heavy atom. The zero-order valence-electron chi connectivity index (χ0n) is 13.7. The van der Waals surface area contributed by atoms with Gasteiger partial charge >= 0.3 is 11.5 Å². The smallest absolute Gasteiger partial charge is 0.368 e. The van der Waals surface area contributed by atoms with E-state index in [0.717, 1.165) is 33.6 Å². The van der Waals surface area contributed by atoms with E-state index in [1.54, 1.807) is 12.1 Å². The highest BCUT2D eigenvalue weighted by Gasteiger charge is 2.24. The van der Waals surface area contributed by atoms with Gasteiger partial charge in [-0.25, -0.2) is 23.1 Å². The summed E-state index contributed by atoms with van der Waals surface area (Å²) in [5.41, 5.74) is 0.863. The van der Waals surface area contributed by atoms with Crippen molar-refractivity contribution in [2.75, 3.05) is 6.79 Å². The molecule has 2 heterocycles. The van der Waals surface area contributed by atoms with E-state index in [2.05, 4.69) is 0 Å². The first kappa shape index (κ1) is 19.9. The first-order chi connectivity index (χ1) is 12.6. The average molecular weight is 434 g/mol. The Kier molecular flexibility index (Phi) is 5.64. The third-order valence-electron chi connectivity index (χ3n) is 3.59. The summed E-state index contributed by atoms with van der Waals surface area (Å²) in [4.78, 5) is 0. The van der Waals surface area contributed by atoms with Crippen molar-refractivity contribution in [3.05, 3.63) is 52.2 Å². The number of benzene rings is 2. The standard InChI is InChI=1S/C17H11Cl2O3.ClHO4/c1-9-4-11-6-15-16(21-8-20-15)7-12(11)17(22-9)10-2-3-13(18)14(19)5-10;2-1(3,4)5/h2-7H,8H2,1H3;(H,2,3,4,5)/q+1;/p-1. The third kappa shape index (κ3) is 4.91. The van der Waals surface area contributed by atoms with Crippen LogP contribution in [-0.2, 0) is 0 Å². The van der Waals surface area contributed by atoms with Crippen LogP contribution in [0.4, 0.5) is 0 Å². The van der Waals surface area contributed by atoms with Crippen LogP contribution in [0.5, 0.6) is 11.5 Å². The van der Waals surface area contributed by atoms with E-state index in [0.29, 0.717) is 15.8 Å². The fourth-order valence-corrected chi connectivity index (χ4v) is 2.89. The molecule has 142 valence electrons. The minimum Gasteiger partial charge on any atom is -0.454 e. The lowest BCUT2D eigenvalue weighted by Crippen LogP contribution is -2.68. The Morgan fingerprint density at radius 3 is 2.19 bits per heavy atom. The Balaban J connectivity index is 0.000000376. The maximum Gasteiger partial charge on any atom is 0.368 e. The number of halogens is 3. The van der Waals surface area contributed by atoms with Crippen LogP contribution in [0.2, 0.25) is 10.0 Å². The van der Waals surface area contributed by atoms with Crippen molar-refractivity contribution in [2.24, 2.45) is 0 Å². The molecular weight excluding hydrogens is 423 g/mol. The molecule has 2 aromatic carbocycles. The van der Waals surface area contributed by atoms with Crippen LogP contribution in [0.15, 0.2) is 40.8 Å². The molecule has 0 N–H and O–H groups in total. The fraction of sp³-hybridized carbons (Fsp3) is 0.118. The van der Waals surface area contributed by atoms with Gasteiger partial charge in [-0.05, 0) is 24.3 Å². The first-order valence-corrected chi connectivity index (χ1v) is 9.35. The third-order valence-corrected chi connectivity index (χ3v) is 4.33. The molecule has 10 heteroatoms.